The number of primary amides is 1. The van der Waals surface area contributed by atoms with E-state index in [1.807, 2.05) is 0 Å². The number of carbonyl (C=O) groups excluding carboxylic acids is 3. The molecule has 0 bridgehead atoms. The maximum Gasteiger partial charge on any atom is 0.364 e. The Balaban J connectivity index is 2.48. The summed E-state index contributed by atoms with van der Waals surface area (Å²) in [4.78, 5) is 59.2. The van der Waals surface area contributed by atoms with E-state index in [0.29, 0.717) is 0 Å². The molecule has 0 saturated carbocycles. The third kappa shape index (κ3) is 8.54. The number of anilines is 1. The summed E-state index contributed by atoms with van der Waals surface area (Å²) in [6.07, 6.45) is -0.979. The molecule has 2 aromatic rings. The van der Waals surface area contributed by atoms with Crippen LogP contribution in [0.5, 0.6) is 0 Å². The van der Waals surface area contributed by atoms with Gasteiger partial charge in [0.2, 0.25) is 11.7 Å². The van der Waals surface area contributed by atoms with Crippen LogP contribution in [0.2, 0.25) is 0 Å². The summed E-state index contributed by atoms with van der Waals surface area (Å²) in [6.45, 7) is 3.22. The first-order valence-corrected chi connectivity index (χ1v) is 13.3. The first-order chi connectivity index (χ1) is 18.8. The third-order valence-corrected chi connectivity index (χ3v) is 6.96. The molecule has 0 spiro atoms. The number of fused-ring (bicyclic) bond motifs is 1. The number of aliphatic carboxylic acids is 1. The number of aromatic nitrogens is 5. The van der Waals surface area contributed by atoms with Gasteiger partial charge in [0.15, 0.2) is 16.9 Å². The van der Waals surface area contributed by atoms with Crippen LogP contribution < -0.4 is 16.6 Å². The van der Waals surface area contributed by atoms with Crippen LogP contribution in [0.15, 0.2) is 4.79 Å². The Morgan fingerprint density at radius 3 is 2.10 bits per heavy atom. The molecular weight excluding hydrogens is 561 g/mol. The molecule has 222 valence electrons. The Labute approximate surface area is 226 Å². The second-order valence-corrected chi connectivity index (χ2v) is 9.96. The summed E-state index contributed by atoms with van der Waals surface area (Å²) in [5, 5.41) is 23.8. The van der Waals surface area contributed by atoms with Gasteiger partial charge >= 0.3 is 25.5 Å². The molecule has 0 aliphatic carbocycles. The van der Waals surface area contributed by atoms with Crippen molar-refractivity contribution in [3.8, 4) is 0 Å². The number of carbonyl (C=O) groups is 4. The highest BCUT2D eigenvalue weighted by Crippen LogP contribution is 2.53. The van der Waals surface area contributed by atoms with Crippen LogP contribution in [0.3, 0.4) is 0 Å². The van der Waals surface area contributed by atoms with E-state index in [0.717, 1.165) is 23.2 Å². The van der Waals surface area contributed by atoms with Crippen molar-refractivity contribution in [3.63, 3.8) is 0 Å². The molecule has 0 radical (unpaired) electrons. The first kappa shape index (κ1) is 32.3. The molecule has 20 heteroatoms. The number of amides is 1. The number of nitrogens with one attached hydrogen (secondary N) is 1. The monoisotopic (exact) mass is 591 g/mol. The SMILES string of the molecule is CCOP(=O)(OCC)C(Nc1nn(CC(N)=O)c2c(=O)n(COC(COC(C)=O)COC(C)=O)nnc12)C(=O)O. The van der Waals surface area contributed by atoms with Crippen LogP contribution in [-0.4, -0.2) is 92.0 Å². The molecule has 1 amide bonds. The van der Waals surface area contributed by atoms with Gasteiger partial charge in [-0.15, -0.1) is 5.10 Å². The highest BCUT2D eigenvalue weighted by atomic mass is 31.2. The van der Waals surface area contributed by atoms with E-state index in [2.05, 4.69) is 20.7 Å². The van der Waals surface area contributed by atoms with Gasteiger partial charge in [0.05, 0.1) is 13.2 Å². The maximum absolute atomic E-state index is 13.3. The zero-order valence-corrected chi connectivity index (χ0v) is 23.0. The van der Waals surface area contributed by atoms with Crippen LogP contribution in [0.1, 0.15) is 27.7 Å². The molecule has 2 rings (SSSR count). The topological polar surface area (TPSA) is 255 Å². The van der Waals surface area contributed by atoms with Gasteiger partial charge in [0, 0.05) is 13.8 Å². The fourth-order valence-electron chi connectivity index (χ4n) is 3.16. The lowest BCUT2D eigenvalue weighted by molar-refractivity contribution is -0.155. The quantitative estimate of drug-likeness (QED) is 0.148. The van der Waals surface area contributed by atoms with Gasteiger partial charge in [-0.1, -0.05) is 5.21 Å². The van der Waals surface area contributed by atoms with Crippen molar-refractivity contribution in [1.29, 1.82) is 0 Å². The lowest BCUT2D eigenvalue weighted by atomic mass is 10.4. The number of rotatable bonds is 17. The number of nitrogens with zero attached hydrogens (tertiary/aromatic N) is 5. The minimum absolute atomic E-state index is 0.139. The van der Waals surface area contributed by atoms with Crippen molar-refractivity contribution in [2.24, 2.45) is 5.73 Å². The van der Waals surface area contributed by atoms with Crippen LogP contribution in [0.4, 0.5) is 5.82 Å². The normalized spacial score (nSPS) is 12.3. The summed E-state index contributed by atoms with van der Waals surface area (Å²) in [6, 6.07) is 0. The summed E-state index contributed by atoms with van der Waals surface area (Å²) in [5.41, 5.74) is 3.76. The fourth-order valence-corrected chi connectivity index (χ4v) is 4.80. The summed E-state index contributed by atoms with van der Waals surface area (Å²) in [7, 11) is -4.29. The first-order valence-electron chi connectivity index (χ1n) is 11.7. The molecule has 40 heavy (non-hydrogen) atoms. The molecule has 0 aromatic carbocycles. The molecule has 1 atom stereocenters. The van der Waals surface area contributed by atoms with Crippen LogP contribution in [-0.2, 0) is 60.3 Å². The number of carboxylic acid groups (broad SMARTS) is 1. The highest BCUT2D eigenvalue weighted by Gasteiger charge is 2.42. The van der Waals surface area contributed by atoms with Crippen molar-refractivity contribution < 1.29 is 52.1 Å². The lowest BCUT2D eigenvalue weighted by Crippen LogP contribution is -2.33. The minimum atomic E-state index is -4.29. The maximum atomic E-state index is 13.3. The van der Waals surface area contributed by atoms with E-state index in [9.17, 15) is 33.6 Å². The van der Waals surface area contributed by atoms with Crippen molar-refractivity contribution >= 4 is 48.3 Å². The Morgan fingerprint density at radius 1 is 1.05 bits per heavy atom. The van der Waals surface area contributed by atoms with E-state index in [1.165, 1.54) is 13.8 Å². The summed E-state index contributed by atoms with van der Waals surface area (Å²) >= 11 is 0. The number of hydrogen-bond donors (Lipinski definition) is 3. The van der Waals surface area contributed by atoms with E-state index in [1.54, 1.807) is 0 Å². The average Bonchev–Trinajstić information content (AvgIpc) is 3.19. The molecule has 0 saturated heterocycles. The Bertz CT molecular complexity index is 1320. The lowest BCUT2D eigenvalue weighted by Gasteiger charge is -2.23. The van der Waals surface area contributed by atoms with Gasteiger partial charge in [-0.25, -0.2) is 9.48 Å². The van der Waals surface area contributed by atoms with Crippen LogP contribution in [0.25, 0.3) is 11.0 Å². The zero-order valence-electron chi connectivity index (χ0n) is 22.1. The Kier molecular flexibility index (Phi) is 11.7. The Hall–Kier alpha value is -3.93. The smallest absolute Gasteiger partial charge is 0.364 e. The predicted octanol–water partition coefficient (Wildman–Crippen LogP) is -0.969. The molecular formula is C20H30N7O12P. The van der Waals surface area contributed by atoms with Gasteiger partial charge in [-0.2, -0.15) is 9.78 Å². The minimum Gasteiger partial charge on any atom is -0.479 e. The molecule has 0 aliphatic rings. The second kappa shape index (κ2) is 14.5. The van der Waals surface area contributed by atoms with E-state index < -0.39 is 62.1 Å². The van der Waals surface area contributed by atoms with E-state index in [-0.39, 0.29) is 43.3 Å². The summed E-state index contributed by atoms with van der Waals surface area (Å²) < 4.78 is 40.2. The molecule has 0 fully saturated rings. The van der Waals surface area contributed by atoms with Gasteiger partial charge in [0.25, 0.3) is 5.56 Å². The second-order valence-electron chi connectivity index (χ2n) is 7.85. The van der Waals surface area contributed by atoms with Crippen molar-refractivity contribution in [1.82, 2.24) is 24.8 Å². The zero-order chi connectivity index (χ0) is 30.0. The van der Waals surface area contributed by atoms with Gasteiger partial charge in [-0.3, -0.25) is 23.7 Å². The third-order valence-electron chi connectivity index (χ3n) is 4.74. The van der Waals surface area contributed by atoms with Crippen molar-refractivity contribution in [3.05, 3.63) is 10.4 Å². The standard InChI is InChI=1S/C20H30N7O12P/c1-5-38-40(34,39-6-2)18(20(32)33)22-17-15-16(26(24-17)7-14(21)30)19(31)27(25-23-15)10-37-13(8-35-11(3)28)9-36-12(4)29/h13,18H,5-10H2,1-4H3,(H2,21,30)(H,22,24)(H,32,33). The highest BCUT2D eigenvalue weighted by molar-refractivity contribution is 7.55. The van der Waals surface area contributed by atoms with Crippen LogP contribution in [0, 0.1) is 0 Å². The average molecular weight is 591 g/mol. The summed E-state index contributed by atoms with van der Waals surface area (Å²) in [5.74, 6) is -6.11. The molecule has 2 aromatic heterocycles. The molecule has 2 heterocycles. The Morgan fingerprint density at radius 2 is 1.62 bits per heavy atom. The fraction of sp³-hybridized carbons (Fsp3) is 0.600. The predicted molar refractivity (Wildman–Crippen MR) is 133 cm³/mol. The van der Waals surface area contributed by atoms with Crippen molar-refractivity contribution in [2.45, 2.75) is 52.9 Å². The molecule has 4 N–H and O–H groups in total. The number of esters is 2. The number of hydrogen-bond acceptors (Lipinski definition) is 15. The van der Waals surface area contributed by atoms with E-state index in [4.69, 9.17) is 29.0 Å². The van der Waals surface area contributed by atoms with Gasteiger partial charge in [-0.05, 0) is 13.8 Å². The molecule has 19 nitrogen and oxygen atoms in total. The largest absolute Gasteiger partial charge is 0.479 e. The molecule has 1 unspecified atom stereocenters. The van der Waals surface area contributed by atoms with E-state index >= 15 is 0 Å². The number of ether oxygens (including phenoxy) is 3. The van der Waals surface area contributed by atoms with Crippen LogP contribution >= 0.6 is 7.60 Å². The van der Waals surface area contributed by atoms with Crippen molar-refractivity contribution in [2.75, 3.05) is 31.7 Å². The number of nitrogens with two attached hydrogens (primary N) is 1. The van der Waals surface area contributed by atoms with Gasteiger partial charge in [0.1, 0.15) is 32.6 Å². The number of carboxylic acids is 1. The van der Waals surface area contributed by atoms with Gasteiger partial charge < -0.3 is 39.4 Å². The molecule has 0 aliphatic heterocycles.